The van der Waals surface area contributed by atoms with Crippen LogP contribution in [0.15, 0.2) is 23.7 Å². The Bertz CT molecular complexity index is 482. The highest BCUT2D eigenvalue weighted by atomic mass is 28.3. The Morgan fingerprint density at radius 1 is 1.12 bits per heavy atom. The molecule has 4 nitrogen and oxygen atoms in total. The molecule has 0 radical (unpaired) electrons. The van der Waals surface area contributed by atoms with Crippen molar-refractivity contribution >= 4 is 8.07 Å². The van der Waals surface area contributed by atoms with Crippen LogP contribution in [0.5, 0.6) is 0 Å². The standard InChI is InChI=1S/C13H20F6N2O2Si/c1-24(2,3)5-4-22-9-21-7-10(13(17,18)19)11(6-20-21)23-8-12(14,15)16/h6-7,20H,4-5,8-9H2,1-3H3. The van der Waals surface area contributed by atoms with Crippen molar-refractivity contribution in [3.63, 3.8) is 0 Å². The third-order valence-electron chi connectivity index (χ3n) is 2.84. The summed E-state index contributed by atoms with van der Waals surface area (Å²) in [6.45, 7) is 4.80. The molecule has 0 aromatic heterocycles. The summed E-state index contributed by atoms with van der Waals surface area (Å²) < 4.78 is 84.8. The lowest BCUT2D eigenvalue weighted by atomic mass is 10.2. The maximum atomic E-state index is 13.0. The normalized spacial score (nSPS) is 16.5. The number of hydrogen-bond donors (Lipinski definition) is 1. The summed E-state index contributed by atoms with van der Waals surface area (Å²) in [7, 11) is -1.32. The van der Waals surface area contributed by atoms with Crippen LogP contribution >= 0.6 is 0 Å². The predicted molar refractivity (Wildman–Crippen MR) is 78.2 cm³/mol. The fourth-order valence-corrected chi connectivity index (χ4v) is 2.34. The van der Waals surface area contributed by atoms with Gasteiger partial charge in [0.15, 0.2) is 12.4 Å². The molecule has 1 rings (SSSR count). The van der Waals surface area contributed by atoms with E-state index in [-0.39, 0.29) is 6.73 Å². The number of halogens is 6. The van der Waals surface area contributed by atoms with Crippen LogP contribution in [0.4, 0.5) is 26.3 Å². The van der Waals surface area contributed by atoms with Gasteiger partial charge in [0.25, 0.3) is 0 Å². The second-order valence-electron chi connectivity index (χ2n) is 6.40. The van der Waals surface area contributed by atoms with E-state index in [9.17, 15) is 26.3 Å². The average molecular weight is 378 g/mol. The third kappa shape index (κ3) is 7.95. The molecular formula is C13H20F6N2O2Si. The summed E-state index contributed by atoms with van der Waals surface area (Å²) in [6, 6.07) is 0.840. The van der Waals surface area contributed by atoms with Crippen LogP contribution < -0.4 is 5.43 Å². The number of allylic oxidation sites excluding steroid dienone is 1. The van der Waals surface area contributed by atoms with E-state index in [1.54, 1.807) is 0 Å². The molecule has 140 valence electrons. The molecule has 0 fully saturated rings. The van der Waals surface area contributed by atoms with E-state index in [2.05, 4.69) is 29.8 Å². The second kappa shape index (κ2) is 7.68. The van der Waals surface area contributed by atoms with Crippen molar-refractivity contribution in [2.45, 2.75) is 38.0 Å². The molecule has 0 aliphatic carbocycles. The van der Waals surface area contributed by atoms with Crippen LogP contribution in [-0.2, 0) is 9.47 Å². The molecule has 0 spiro atoms. The van der Waals surface area contributed by atoms with Crippen LogP contribution in [0.3, 0.4) is 0 Å². The van der Waals surface area contributed by atoms with Crippen molar-refractivity contribution < 1.29 is 35.8 Å². The van der Waals surface area contributed by atoms with E-state index in [1.807, 2.05) is 0 Å². The molecule has 0 aromatic carbocycles. The van der Waals surface area contributed by atoms with Gasteiger partial charge in [0.05, 0.1) is 6.20 Å². The van der Waals surface area contributed by atoms with Crippen molar-refractivity contribution in [1.82, 2.24) is 10.4 Å². The molecule has 1 N–H and O–H groups in total. The molecular weight excluding hydrogens is 358 g/mol. The minimum absolute atomic E-state index is 0.174. The highest BCUT2D eigenvalue weighted by Gasteiger charge is 2.40. The van der Waals surface area contributed by atoms with Gasteiger partial charge in [-0.25, -0.2) is 0 Å². The zero-order valence-corrected chi connectivity index (χ0v) is 14.5. The minimum atomic E-state index is -4.85. The van der Waals surface area contributed by atoms with Crippen LogP contribution in [0.25, 0.3) is 0 Å². The van der Waals surface area contributed by atoms with Crippen LogP contribution in [-0.4, -0.2) is 45.4 Å². The first-order valence-corrected chi connectivity index (χ1v) is 10.8. The zero-order chi connectivity index (χ0) is 18.6. The Balaban J connectivity index is 2.65. The molecule has 0 amide bonds. The van der Waals surface area contributed by atoms with Gasteiger partial charge >= 0.3 is 12.4 Å². The van der Waals surface area contributed by atoms with Crippen LogP contribution in [0, 0.1) is 0 Å². The predicted octanol–water partition coefficient (Wildman–Crippen LogP) is 3.99. The maximum Gasteiger partial charge on any atom is 0.422 e. The Hall–Kier alpha value is -1.36. The lowest BCUT2D eigenvalue weighted by Crippen LogP contribution is -2.38. The monoisotopic (exact) mass is 378 g/mol. The molecule has 1 heterocycles. The van der Waals surface area contributed by atoms with E-state index in [4.69, 9.17) is 4.74 Å². The number of hydrazine groups is 1. The molecule has 11 heteroatoms. The van der Waals surface area contributed by atoms with Gasteiger partial charge in [0.2, 0.25) is 0 Å². The van der Waals surface area contributed by atoms with Gasteiger partial charge in [-0.1, -0.05) is 19.6 Å². The molecule has 0 aromatic rings. The molecule has 1 aliphatic rings. The molecule has 24 heavy (non-hydrogen) atoms. The summed E-state index contributed by atoms with van der Waals surface area (Å²) >= 11 is 0. The quantitative estimate of drug-likeness (QED) is 0.413. The molecule has 0 unspecified atom stereocenters. The first kappa shape index (κ1) is 20.7. The molecule has 0 saturated carbocycles. The van der Waals surface area contributed by atoms with Gasteiger partial charge in [0, 0.05) is 20.9 Å². The summed E-state index contributed by atoms with van der Waals surface area (Å²) in [5.41, 5.74) is 1.09. The van der Waals surface area contributed by atoms with Crippen molar-refractivity contribution in [3.8, 4) is 0 Å². The Labute approximate surface area is 137 Å². The zero-order valence-electron chi connectivity index (χ0n) is 13.5. The number of nitrogens with zero attached hydrogens (tertiary/aromatic N) is 1. The molecule has 0 bridgehead atoms. The van der Waals surface area contributed by atoms with Gasteiger partial charge in [-0.3, -0.25) is 5.01 Å². The van der Waals surface area contributed by atoms with E-state index < -0.39 is 38.4 Å². The van der Waals surface area contributed by atoms with Crippen molar-refractivity contribution in [2.75, 3.05) is 19.9 Å². The average Bonchev–Trinajstić information content (AvgIpc) is 2.39. The fourth-order valence-electron chi connectivity index (χ4n) is 1.58. The Morgan fingerprint density at radius 3 is 2.25 bits per heavy atom. The third-order valence-corrected chi connectivity index (χ3v) is 4.54. The molecule has 0 saturated heterocycles. The summed E-state index contributed by atoms with van der Waals surface area (Å²) in [5, 5.41) is 0.994. The van der Waals surface area contributed by atoms with Crippen LogP contribution in [0.2, 0.25) is 25.7 Å². The lowest BCUT2D eigenvalue weighted by molar-refractivity contribution is -0.167. The number of alkyl halides is 6. The van der Waals surface area contributed by atoms with E-state index in [0.717, 1.165) is 17.3 Å². The number of ether oxygens (including phenoxy) is 2. The van der Waals surface area contributed by atoms with Gasteiger partial charge in [-0.05, 0) is 6.04 Å². The number of nitrogens with one attached hydrogen (secondary N) is 1. The number of hydrogen-bond acceptors (Lipinski definition) is 4. The summed E-state index contributed by atoms with van der Waals surface area (Å²) in [6.07, 6.45) is -8.22. The summed E-state index contributed by atoms with van der Waals surface area (Å²) in [4.78, 5) is 0. The van der Waals surface area contributed by atoms with Gasteiger partial charge in [0.1, 0.15) is 12.3 Å². The first-order chi connectivity index (χ1) is 10.8. The highest BCUT2D eigenvalue weighted by molar-refractivity contribution is 6.76. The maximum absolute atomic E-state index is 13.0. The first-order valence-electron chi connectivity index (χ1n) is 7.08. The SMILES string of the molecule is C[Si](C)(C)CCOCN1C=C(C(F)(F)F)C(OCC(F)(F)F)=CN1. The topological polar surface area (TPSA) is 33.7 Å². The fraction of sp³-hybridized carbons (Fsp3) is 0.692. The van der Waals surface area contributed by atoms with Gasteiger partial charge in [-0.2, -0.15) is 26.3 Å². The second-order valence-corrected chi connectivity index (χ2v) is 12.0. The van der Waals surface area contributed by atoms with Crippen molar-refractivity contribution in [2.24, 2.45) is 0 Å². The van der Waals surface area contributed by atoms with Gasteiger partial charge < -0.3 is 14.9 Å². The molecule has 0 atom stereocenters. The highest BCUT2D eigenvalue weighted by Crippen LogP contribution is 2.34. The molecule has 1 aliphatic heterocycles. The Kier molecular flexibility index (Phi) is 6.62. The van der Waals surface area contributed by atoms with Crippen molar-refractivity contribution in [3.05, 3.63) is 23.7 Å². The number of rotatable bonds is 7. The minimum Gasteiger partial charge on any atom is -0.482 e. The lowest BCUT2D eigenvalue weighted by Gasteiger charge is -2.28. The summed E-state index contributed by atoms with van der Waals surface area (Å²) in [5.74, 6) is -0.918. The Morgan fingerprint density at radius 2 is 1.75 bits per heavy atom. The van der Waals surface area contributed by atoms with E-state index in [1.165, 1.54) is 0 Å². The van der Waals surface area contributed by atoms with E-state index in [0.29, 0.717) is 12.8 Å². The largest absolute Gasteiger partial charge is 0.482 e. The van der Waals surface area contributed by atoms with Gasteiger partial charge in [-0.15, -0.1) is 0 Å². The van der Waals surface area contributed by atoms with E-state index >= 15 is 0 Å². The van der Waals surface area contributed by atoms with Crippen LogP contribution in [0.1, 0.15) is 0 Å². The smallest absolute Gasteiger partial charge is 0.422 e. The van der Waals surface area contributed by atoms with Crippen molar-refractivity contribution in [1.29, 1.82) is 0 Å².